The van der Waals surface area contributed by atoms with E-state index in [1.54, 1.807) is 41.8 Å². The second kappa shape index (κ2) is 9.31. The molecule has 0 fully saturated rings. The Hall–Kier alpha value is -2.69. The number of urea groups is 1. The molecule has 2 rings (SSSR count). The highest BCUT2D eigenvalue weighted by Crippen LogP contribution is 2.20. The zero-order chi connectivity index (χ0) is 19.9. The van der Waals surface area contributed by atoms with Crippen molar-refractivity contribution in [1.82, 2.24) is 9.62 Å². The van der Waals surface area contributed by atoms with Crippen molar-refractivity contribution in [3.8, 4) is 0 Å². The summed E-state index contributed by atoms with van der Waals surface area (Å²) in [7, 11) is -2.33. The van der Waals surface area contributed by atoms with E-state index in [1.165, 1.54) is 13.1 Å². The van der Waals surface area contributed by atoms with Crippen LogP contribution in [0.5, 0.6) is 0 Å². The van der Waals surface area contributed by atoms with E-state index in [-0.39, 0.29) is 16.8 Å². The third kappa shape index (κ3) is 5.91. The molecule has 0 spiro atoms. The van der Waals surface area contributed by atoms with Crippen LogP contribution in [0.2, 0.25) is 0 Å². The van der Waals surface area contributed by atoms with Gasteiger partial charge in [0.05, 0.1) is 6.54 Å². The standard InChI is InChI=1S/C17H20N4O4S2/c1-3-10-18-17(23)20-14-8-6-13(7-9-14)19-15(22)12-21(2)27(24,25)16-5-4-11-26-16/h3-9,11H,1,10,12H2,2H3,(H,19,22)(H2,18,20,23). The fraction of sp³-hybridized carbons (Fsp3) is 0.176. The first kappa shape index (κ1) is 20.6. The summed E-state index contributed by atoms with van der Waals surface area (Å²) in [5, 5.41) is 9.49. The van der Waals surface area contributed by atoms with E-state index in [0.29, 0.717) is 17.9 Å². The fourth-order valence-corrected chi connectivity index (χ4v) is 4.36. The maximum atomic E-state index is 12.3. The Morgan fingerprint density at radius 2 is 1.78 bits per heavy atom. The molecule has 8 nitrogen and oxygen atoms in total. The number of likely N-dealkylation sites (N-methyl/N-ethyl adjacent to an activating group) is 1. The van der Waals surface area contributed by atoms with Gasteiger partial charge in [0.2, 0.25) is 5.91 Å². The van der Waals surface area contributed by atoms with E-state index < -0.39 is 15.9 Å². The molecular formula is C17H20N4O4S2. The number of sulfonamides is 1. The number of carbonyl (C=O) groups excluding carboxylic acids is 2. The summed E-state index contributed by atoms with van der Waals surface area (Å²) < 4.78 is 25.8. The quantitative estimate of drug-likeness (QED) is 0.583. The van der Waals surface area contributed by atoms with Gasteiger partial charge in [-0.15, -0.1) is 17.9 Å². The Morgan fingerprint density at radius 3 is 2.33 bits per heavy atom. The lowest BCUT2D eigenvalue weighted by Crippen LogP contribution is -2.34. The first-order valence-electron chi connectivity index (χ1n) is 7.88. The number of benzene rings is 1. The summed E-state index contributed by atoms with van der Waals surface area (Å²) in [5.41, 5.74) is 1.03. The smallest absolute Gasteiger partial charge is 0.319 e. The molecule has 0 aliphatic rings. The molecule has 0 saturated carbocycles. The lowest BCUT2D eigenvalue weighted by atomic mass is 10.3. The van der Waals surface area contributed by atoms with Gasteiger partial charge in [0.1, 0.15) is 4.21 Å². The van der Waals surface area contributed by atoms with Crippen molar-refractivity contribution in [2.24, 2.45) is 0 Å². The number of anilines is 2. The molecule has 0 aliphatic carbocycles. The predicted octanol–water partition coefficient (Wildman–Crippen LogP) is 2.31. The number of nitrogens with one attached hydrogen (secondary N) is 3. The topological polar surface area (TPSA) is 108 Å². The van der Waals surface area contributed by atoms with Gasteiger partial charge in [0.25, 0.3) is 10.0 Å². The number of thiophene rings is 1. The maximum Gasteiger partial charge on any atom is 0.319 e. The molecule has 0 bridgehead atoms. The van der Waals surface area contributed by atoms with Crippen molar-refractivity contribution < 1.29 is 18.0 Å². The van der Waals surface area contributed by atoms with Crippen LogP contribution in [-0.4, -0.2) is 44.8 Å². The molecule has 3 amide bonds. The highest BCUT2D eigenvalue weighted by Gasteiger charge is 2.23. The number of nitrogens with zero attached hydrogens (tertiary/aromatic N) is 1. The van der Waals surface area contributed by atoms with Crippen molar-refractivity contribution in [3.05, 3.63) is 54.4 Å². The molecule has 1 aromatic heterocycles. The van der Waals surface area contributed by atoms with Crippen LogP contribution in [0.3, 0.4) is 0 Å². The lowest BCUT2D eigenvalue weighted by molar-refractivity contribution is -0.116. The molecule has 0 radical (unpaired) electrons. The van der Waals surface area contributed by atoms with Crippen LogP contribution in [0.15, 0.2) is 58.6 Å². The second-order valence-corrected chi connectivity index (χ2v) is 8.66. The van der Waals surface area contributed by atoms with Gasteiger partial charge in [0, 0.05) is 25.0 Å². The van der Waals surface area contributed by atoms with Gasteiger partial charge >= 0.3 is 6.03 Å². The molecule has 0 atom stereocenters. The number of rotatable bonds is 8. The second-order valence-electron chi connectivity index (χ2n) is 5.44. The van der Waals surface area contributed by atoms with Gasteiger partial charge in [-0.05, 0) is 35.7 Å². The van der Waals surface area contributed by atoms with Crippen LogP contribution in [0.4, 0.5) is 16.2 Å². The molecule has 0 saturated heterocycles. The van der Waals surface area contributed by atoms with Gasteiger partial charge in [0.15, 0.2) is 0 Å². The molecule has 0 unspecified atom stereocenters. The monoisotopic (exact) mass is 408 g/mol. The Labute approximate surface area is 161 Å². The average Bonchev–Trinajstić information content (AvgIpc) is 3.17. The van der Waals surface area contributed by atoms with Crippen molar-refractivity contribution in [3.63, 3.8) is 0 Å². The van der Waals surface area contributed by atoms with Crippen molar-refractivity contribution in [2.45, 2.75) is 4.21 Å². The summed E-state index contributed by atoms with van der Waals surface area (Å²) in [6.45, 7) is 3.54. The Morgan fingerprint density at radius 1 is 1.15 bits per heavy atom. The summed E-state index contributed by atoms with van der Waals surface area (Å²) in [6.07, 6.45) is 1.56. The number of amides is 3. The van der Waals surface area contributed by atoms with Gasteiger partial charge in [-0.1, -0.05) is 12.1 Å². The minimum absolute atomic E-state index is 0.183. The number of hydrogen-bond acceptors (Lipinski definition) is 5. The van der Waals surface area contributed by atoms with Crippen LogP contribution >= 0.6 is 11.3 Å². The lowest BCUT2D eigenvalue weighted by Gasteiger charge is -2.15. The molecule has 27 heavy (non-hydrogen) atoms. The summed E-state index contributed by atoms with van der Waals surface area (Å²) >= 11 is 1.09. The van der Waals surface area contributed by atoms with Crippen molar-refractivity contribution in [2.75, 3.05) is 30.8 Å². The summed E-state index contributed by atoms with van der Waals surface area (Å²) in [4.78, 5) is 23.7. The minimum Gasteiger partial charge on any atom is -0.334 e. The molecule has 1 aromatic carbocycles. The van der Waals surface area contributed by atoms with E-state index in [4.69, 9.17) is 0 Å². The molecular weight excluding hydrogens is 388 g/mol. The SMILES string of the molecule is C=CCNC(=O)Nc1ccc(NC(=O)CN(C)S(=O)(=O)c2cccs2)cc1. The molecule has 1 heterocycles. The first-order valence-corrected chi connectivity index (χ1v) is 10.2. The highest BCUT2D eigenvalue weighted by molar-refractivity contribution is 7.91. The van der Waals surface area contributed by atoms with Gasteiger partial charge < -0.3 is 16.0 Å². The van der Waals surface area contributed by atoms with E-state index in [1.807, 2.05) is 0 Å². The average molecular weight is 409 g/mol. The molecule has 0 aliphatic heterocycles. The zero-order valence-corrected chi connectivity index (χ0v) is 16.3. The zero-order valence-electron chi connectivity index (χ0n) is 14.6. The molecule has 3 N–H and O–H groups in total. The highest BCUT2D eigenvalue weighted by atomic mass is 32.2. The largest absolute Gasteiger partial charge is 0.334 e. The molecule has 2 aromatic rings. The third-order valence-corrected chi connectivity index (χ3v) is 6.54. The predicted molar refractivity (Wildman–Crippen MR) is 106 cm³/mol. The normalized spacial score (nSPS) is 11.0. The van der Waals surface area contributed by atoms with Crippen LogP contribution in [0.1, 0.15) is 0 Å². The first-order chi connectivity index (χ1) is 12.8. The Kier molecular flexibility index (Phi) is 7.11. The van der Waals surface area contributed by atoms with E-state index in [2.05, 4.69) is 22.5 Å². The van der Waals surface area contributed by atoms with E-state index in [0.717, 1.165) is 15.6 Å². The van der Waals surface area contributed by atoms with Crippen LogP contribution in [0, 0.1) is 0 Å². The van der Waals surface area contributed by atoms with Gasteiger partial charge in [-0.3, -0.25) is 4.79 Å². The van der Waals surface area contributed by atoms with Crippen LogP contribution in [0.25, 0.3) is 0 Å². The van der Waals surface area contributed by atoms with Crippen LogP contribution in [-0.2, 0) is 14.8 Å². The fourth-order valence-electron chi connectivity index (χ4n) is 2.03. The van der Waals surface area contributed by atoms with E-state index in [9.17, 15) is 18.0 Å². The summed E-state index contributed by atoms with van der Waals surface area (Å²) in [5.74, 6) is -0.470. The van der Waals surface area contributed by atoms with Gasteiger partial charge in [-0.25, -0.2) is 13.2 Å². The summed E-state index contributed by atoms with van der Waals surface area (Å²) in [6, 6.07) is 9.21. The Bertz CT molecular complexity index is 894. The number of hydrogen-bond donors (Lipinski definition) is 3. The van der Waals surface area contributed by atoms with E-state index >= 15 is 0 Å². The number of carbonyl (C=O) groups is 2. The van der Waals surface area contributed by atoms with Crippen molar-refractivity contribution in [1.29, 1.82) is 0 Å². The Balaban J connectivity index is 1.90. The third-order valence-electron chi connectivity index (χ3n) is 3.36. The molecule has 144 valence electrons. The van der Waals surface area contributed by atoms with Gasteiger partial charge in [-0.2, -0.15) is 4.31 Å². The van der Waals surface area contributed by atoms with Crippen LogP contribution < -0.4 is 16.0 Å². The minimum atomic E-state index is -3.68. The van der Waals surface area contributed by atoms with Crippen molar-refractivity contribution >= 4 is 44.7 Å². The maximum absolute atomic E-state index is 12.3. The molecule has 10 heteroatoms.